The van der Waals surface area contributed by atoms with Crippen LogP contribution < -0.4 is 5.69 Å². The average molecular weight is 432 g/mol. The second kappa shape index (κ2) is 7.51. The van der Waals surface area contributed by atoms with Crippen molar-refractivity contribution < 1.29 is 22.7 Å². The second-order valence-electron chi connectivity index (χ2n) is 7.98. The molecule has 1 aliphatic heterocycles. The smallest absolute Gasteiger partial charge is 0.417 e. The number of carbonyl (C=O) groups excluding carboxylic acids is 1. The summed E-state index contributed by atoms with van der Waals surface area (Å²) in [5.41, 5.74) is -1.74. The van der Waals surface area contributed by atoms with Crippen LogP contribution >= 0.6 is 11.6 Å². The molecule has 0 N–H and O–H groups in total. The number of hydrogen-bond donors (Lipinski definition) is 0. The normalized spacial score (nSPS) is 17.1. The Bertz CT molecular complexity index is 989. The lowest BCUT2D eigenvalue weighted by atomic mass is 10.0. The molecule has 1 atom stereocenters. The molecule has 1 aromatic heterocycles. The molecule has 10 heteroatoms. The molecule has 0 radical (unpaired) electrons. The van der Waals surface area contributed by atoms with Crippen molar-refractivity contribution in [3.8, 4) is 0 Å². The van der Waals surface area contributed by atoms with E-state index in [4.69, 9.17) is 16.3 Å². The first-order valence-electron chi connectivity index (χ1n) is 9.13. The molecule has 0 unspecified atom stereocenters. The fraction of sp³-hybridized carbons (Fsp3) is 0.526. The van der Waals surface area contributed by atoms with Crippen LogP contribution in [0.4, 0.5) is 13.2 Å². The Labute approximate surface area is 170 Å². The number of aryl methyl sites for hydroxylation is 1. The van der Waals surface area contributed by atoms with Gasteiger partial charge in [-0.15, -0.1) is 0 Å². The monoisotopic (exact) mass is 431 g/mol. The summed E-state index contributed by atoms with van der Waals surface area (Å²) in [6.45, 7) is 5.18. The lowest BCUT2D eigenvalue weighted by Crippen LogP contribution is -2.38. The van der Waals surface area contributed by atoms with Gasteiger partial charge in [-0.3, -0.25) is 4.57 Å². The molecular formula is C19H21ClF3N3O3. The Hall–Kier alpha value is -2.29. The molecule has 0 spiro atoms. The molecular weight excluding hydrogens is 411 g/mol. The fourth-order valence-corrected chi connectivity index (χ4v) is 3.60. The summed E-state index contributed by atoms with van der Waals surface area (Å²) in [4.78, 5) is 25.4. The lowest BCUT2D eigenvalue weighted by molar-refractivity contribution is -0.159. The van der Waals surface area contributed by atoms with Gasteiger partial charge >= 0.3 is 17.8 Å². The molecule has 0 saturated heterocycles. The summed E-state index contributed by atoms with van der Waals surface area (Å²) in [7, 11) is 0. The first kappa shape index (κ1) is 21.4. The van der Waals surface area contributed by atoms with Gasteiger partial charge in [-0.2, -0.15) is 18.3 Å². The van der Waals surface area contributed by atoms with Crippen LogP contribution in [0.25, 0.3) is 0 Å². The molecule has 0 amide bonds. The van der Waals surface area contributed by atoms with Crippen LogP contribution in [0.5, 0.6) is 0 Å². The van der Waals surface area contributed by atoms with Crippen LogP contribution in [-0.4, -0.2) is 25.9 Å². The largest absolute Gasteiger partial charge is 0.458 e. The Kier molecular flexibility index (Phi) is 5.55. The minimum Gasteiger partial charge on any atom is -0.458 e. The van der Waals surface area contributed by atoms with Gasteiger partial charge in [0, 0.05) is 6.42 Å². The third-order valence-electron chi connectivity index (χ3n) is 4.48. The average Bonchev–Trinajstić information content (AvgIpc) is 2.88. The van der Waals surface area contributed by atoms with Crippen LogP contribution in [0.1, 0.15) is 56.6 Å². The summed E-state index contributed by atoms with van der Waals surface area (Å²) in [6.07, 6.45) is -2.90. The van der Waals surface area contributed by atoms with E-state index in [1.165, 1.54) is 16.7 Å². The molecule has 3 rings (SSSR count). The maximum Gasteiger partial charge on any atom is 0.417 e. The van der Waals surface area contributed by atoms with Gasteiger partial charge in [0.25, 0.3) is 0 Å². The Morgan fingerprint density at radius 3 is 2.59 bits per heavy atom. The van der Waals surface area contributed by atoms with Gasteiger partial charge < -0.3 is 4.74 Å². The van der Waals surface area contributed by atoms with Gasteiger partial charge in [0.05, 0.1) is 17.1 Å². The number of halogens is 4. The highest BCUT2D eigenvalue weighted by Crippen LogP contribution is 2.35. The zero-order chi connectivity index (χ0) is 21.6. The van der Waals surface area contributed by atoms with Crippen molar-refractivity contribution in [2.24, 2.45) is 0 Å². The maximum atomic E-state index is 12.9. The number of rotatable bonds is 3. The number of carbonyl (C=O) groups is 1. The fourth-order valence-electron chi connectivity index (χ4n) is 3.29. The first-order valence-corrected chi connectivity index (χ1v) is 9.51. The van der Waals surface area contributed by atoms with E-state index in [1.54, 1.807) is 20.8 Å². The SMILES string of the molecule is CC(C)(C)OC(=O)[C@@H]1CCCc2nn(Cc3ccc(C(F)(F)F)c(Cl)c3)c(=O)n21. The second-order valence-corrected chi connectivity index (χ2v) is 8.39. The van der Waals surface area contributed by atoms with Crippen LogP contribution in [-0.2, 0) is 28.7 Å². The highest BCUT2D eigenvalue weighted by atomic mass is 35.5. The zero-order valence-corrected chi connectivity index (χ0v) is 17.0. The molecule has 2 heterocycles. The quantitative estimate of drug-likeness (QED) is 0.689. The third-order valence-corrected chi connectivity index (χ3v) is 4.79. The van der Waals surface area contributed by atoms with Crippen molar-refractivity contribution in [1.82, 2.24) is 14.3 Å². The van der Waals surface area contributed by atoms with E-state index in [0.717, 1.165) is 10.7 Å². The summed E-state index contributed by atoms with van der Waals surface area (Å²) in [5, 5.41) is 3.82. The molecule has 1 aromatic carbocycles. The minimum atomic E-state index is -4.55. The lowest BCUT2D eigenvalue weighted by Gasteiger charge is -2.26. The molecule has 29 heavy (non-hydrogen) atoms. The van der Waals surface area contributed by atoms with E-state index in [9.17, 15) is 22.8 Å². The number of benzene rings is 1. The zero-order valence-electron chi connectivity index (χ0n) is 16.2. The van der Waals surface area contributed by atoms with E-state index in [-0.39, 0.29) is 6.54 Å². The Balaban J connectivity index is 1.90. The summed E-state index contributed by atoms with van der Waals surface area (Å²) in [6, 6.07) is 2.53. The van der Waals surface area contributed by atoms with E-state index in [0.29, 0.717) is 30.7 Å². The van der Waals surface area contributed by atoms with Crippen molar-refractivity contribution in [3.05, 3.63) is 50.7 Å². The number of fused-ring (bicyclic) bond motifs is 1. The van der Waals surface area contributed by atoms with E-state index < -0.39 is 40.1 Å². The van der Waals surface area contributed by atoms with Gasteiger partial charge in [-0.25, -0.2) is 14.3 Å². The molecule has 6 nitrogen and oxygen atoms in total. The molecule has 0 saturated carbocycles. The van der Waals surface area contributed by atoms with Gasteiger partial charge in [-0.1, -0.05) is 17.7 Å². The third kappa shape index (κ3) is 4.66. The Morgan fingerprint density at radius 2 is 2.00 bits per heavy atom. The molecule has 0 aliphatic carbocycles. The maximum absolute atomic E-state index is 12.9. The molecule has 0 fully saturated rings. The number of esters is 1. The van der Waals surface area contributed by atoms with Crippen LogP contribution in [0.3, 0.4) is 0 Å². The number of nitrogens with zero attached hydrogens (tertiary/aromatic N) is 3. The van der Waals surface area contributed by atoms with Gasteiger partial charge in [0.2, 0.25) is 0 Å². The Morgan fingerprint density at radius 1 is 1.31 bits per heavy atom. The highest BCUT2D eigenvalue weighted by Gasteiger charge is 2.34. The first-order chi connectivity index (χ1) is 13.4. The van der Waals surface area contributed by atoms with E-state index in [1.807, 2.05) is 0 Å². The van der Waals surface area contributed by atoms with Gasteiger partial charge in [-0.05, 0) is 51.3 Å². The number of aromatic nitrogens is 3. The minimum absolute atomic E-state index is 0.0578. The van der Waals surface area contributed by atoms with Crippen LogP contribution in [0.2, 0.25) is 5.02 Å². The predicted molar refractivity (Wildman–Crippen MR) is 99.9 cm³/mol. The van der Waals surface area contributed by atoms with Crippen LogP contribution in [0.15, 0.2) is 23.0 Å². The summed E-state index contributed by atoms with van der Waals surface area (Å²) in [5.74, 6) is -0.0483. The van der Waals surface area contributed by atoms with E-state index >= 15 is 0 Å². The number of ether oxygens (including phenoxy) is 1. The predicted octanol–water partition coefficient (Wildman–Crippen LogP) is 3.98. The van der Waals surface area contributed by atoms with Crippen molar-refractivity contribution >= 4 is 17.6 Å². The van der Waals surface area contributed by atoms with E-state index in [2.05, 4.69) is 5.10 Å². The number of hydrogen-bond acceptors (Lipinski definition) is 4. The summed E-state index contributed by atoms with van der Waals surface area (Å²) >= 11 is 5.75. The number of alkyl halides is 3. The van der Waals surface area contributed by atoms with Gasteiger partial charge in [0.15, 0.2) is 0 Å². The molecule has 0 bridgehead atoms. The van der Waals surface area contributed by atoms with Crippen molar-refractivity contribution in [2.45, 2.75) is 64.4 Å². The topological polar surface area (TPSA) is 66.1 Å². The molecule has 1 aliphatic rings. The van der Waals surface area contributed by atoms with Crippen molar-refractivity contribution in [1.29, 1.82) is 0 Å². The molecule has 2 aromatic rings. The van der Waals surface area contributed by atoms with Crippen molar-refractivity contribution in [3.63, 3.8) is 0 Å². The summed E-state index contributed by atoms with van der Waals surface area (Å²) < 4.78 is 46.5. The highest BCUT2D eigenvalue weighted by molar-refractivity contribution is 6.31. The van der Waals surface area contributed by atoms with Crippen molar-refractivity contribution in [2.75, 3.05) is 0 Å². The molecule has 158 valence electrons. The van der Waals surface area contributed by atoms with Crippen LogP contribution in [0, 0.1) is 0 Å². The standard InChI is InChI=1S/C19H21ClF3N3O3/c1-18(2,3)29-16(27)14-5-4-6-15-24-25(17(28)26(14)15)10-11-7-8-12(13(20)9-11)19(21,22)23/h7-9,14H,4-6,10H2,1-3H3/t14-/m0/s1. The van der Waals surface area contributed by atoms with Gasteiger partial charge in [0.1, 0.15) is 17.5 Å².